The zero-order valence-corrected chi connectivity index (χ0v) is 10.6. The molecule has 5 heteroatoms. The fourth-order valence-electron chi connectivity index (χ4n) is 1.47. The van der Waals surface area contributed by atoms with Gasteiger partial charge in [0, 0.05) is 6.04 Å². The summed E-state index contributed by atoms with van der Waals surface area (Å²) < 4.78 is 0. The zero-order valence-electron chi connectivity index (χ0n) is 10.6. The molecule has 1 rings (SSSR count). The summed E-state index contributed by atoms with van der Waals surface area (Å²) in [5.74, 6) is -0.341. The van der Waals surface area contributed by atoms with E-state index in [0.29, 0.717) is 5.56 Å². The summed E-state index contributed by atoms with van der Waals surface area (Å²) in [4.78, 5) is 22.8. The summed E-state index contributed by atoms with van der Waals surface area (Å²) in [6, 6.07) is 6.53. The maximum absolute atomic E-state index is 11.5. The van der Waals surface area contributed by atoms with Crippen molar-refractivity contribution in [3.63, 3.8) is 0 Å². The average molecular weight is 250 g/mol. The van der Waals surface area contributed by atoms with E-state index in [9.17, 15) is 14.7 Å². The van der Waals surface area contributed by atoms with Gasteiger partial charge in [0.05, 0.1) is 13.0 Å². The van der Waals surface area contributed by atoms with Gasteiger partial charge < -0.3 is 15.7 Å². The SMILES string of the molecule is CC(C)NC(=O)CNC(=O)Cc1cccc(O)c1. The molecule has 18 heavy (non-hydrogen) atoms. The first-order chi connectivity index (χ1) is 8.47. The molecule has 0 aromatic heterocycles. The normalized spacial score (nSPS) is 10.2. The Balaban J connectivity index is 2.36. The van der Waals surface area contributed by atoms with E-state index >= 15 is 0 Å². The Kier molecular flexibility index (Phi) is 5.17. The average Bonchev–Trinajstić information content (AvgIpc) is 2.25. The van der Waals surface area contributed by atoms with Gasteiger partial charge >= 0.3 is 0 Å². The van der Waals surface area contributed by atoms with Gasteiger partial charge in [0.2, 0.25) is 11.8 Å². The number of aromatic hydroxyl groups is 1. The second-order valence-electron chi connectivity index (χ2n) is 4.35. The van der Waals surface area contributed by atoms with Crippen molar-refractivity contribution in [1.82, 2.24) is 10.6 Å². The van der Waals surface area contributed by atoms with Crippen LogP contribution < -0.4 is 10.6 Å². The maximum Gasteiger partial charge on any atom is 0.239 e. The van der Waals surface area contributed by atoms with Crippen molar-refractivity contribution in [1.29, 1.82) is 0 Å². The van der Waals surface area contributed by atoms with Gasteiger partial charge in [-0.15, -0.1) is 0 Å². The number of phenols is 1. The molecular weight excluding hydrogens is 232 g/mol. The quantitative estimate of drug-likeness (QED) is 0.715. The number of rotatable bonds is 5. The number of benzene rings is 1. The largest absolute Gasteiger partial charge is 0.508 e. The van der Waals surface area contributed by atoms with Gasteiger partial charge in [-0.3, -0.25) is 9.59 Å². The molecule has 98 valence electrons. The van der Waals surface area contributed by atoms with Crippen LogP contribution >= 0.6 is 0 Å². The standard InChI is InChI=1S/C13H18N2O3/c1-9(2)15-13(18)8-14-12(17)7-10-4-3-5-11(16)6-10/h3-6,9,16H,7-8H2,1-2H3,(H,14,17)(H,15,18). The van der Waals surface area contributed by atoms with Crippen LogP contribution in [-0.2, 0) is 16.0 Å². The maximum atomic E-state index is 11.5. The Morgan fingerprint density at radius 1 is 1.28 bits per heavy atom. The van der Waals surface area contributed by atoms with E-state index < -0.39 is 0 Å². The number of carbonyl (C=O) groups is 2. The molecule has 3 N–H and O–H groups in total. The fraction of sp³-hybridized carbons (Fsp3) is 0.385. The number of carbonyl (C=O) groups excluding carboxylic acids is 2. The smallest absolute Gasteiger partial charge is 0.239 e. The molecule has 0 radical (unpaired) electrons. The molecule has 1 aromatic carbocycles. The van der Waals surface area contributed by atoms with Crippen LogP contribution in [0, 0.1) is 0 Å². The van der Waals surface area contributed by atoms with Crippen molar-refractivity contribution in [2.75, 3.05) is 6.54 Å². The van der Waals surface area contributed by atoms with E-state index in [-0.39, 0.29) is 36.6 Å². The molecule has 0 fully saturated rings. The van der Waals surface area contributed by atoms with Crippen LogP contribution in [-0.4, -0.2) is 29.5 Å². The first-order valence-electron chi connectivity index (χ1n) is 5.81. The zero-order chi connectivity index (χ0) is 13.5. The third-order valence-corrected chi connectivity index (χ3v) is 2.17. The van der Waals surface area contributed by atoms with Crippen LogP contribution in [0.5, 0.6) is 5.75 Å². The molecule has 0 unspecified atom stereocenters. The lowest BCUT2D eigenvalue weighted by molar-refractivity contribution is -0.126. The minimum atomic E-state index is -0.250. The van der Waals surface area contributed by atoms with Crippen molar-refractivity contribution in [2.45, 2.75) is 26.3 Å². The van der Waals surface area contributed by atoms with Gasteiger partial charge in [0.25, 0.3) is 0 Å². The lowest BCUT2D eigenvalue weighted by atomic mass is 10.1. The number of phenolic OH excluding ortho intramolecular Hbond substituents is 1. The topological polar surface area (TPSA) is 78.4 Å². The monoisotopic (exact) mass is 250 g/mol. The molecule has 0 atom stereocenters. The number of hydrogen-bond donors (Lipinski definition) is 3. The van der Waals surface area contributed by atoms with E-state index in [4.69, 9.17) is 0 Å². The molecule has 0 aliphatic carbocycles. The van der Waals surface area contributed by atoms with Gasteiger partial charge in [-0.05, 0) is 31.5 Å². The summed E-state index contributed by atoms with van der Waals surface area (Å²) >= 11 is 0. The summed E-state index contributed by atoms with van der Waals surface area (Å²) in [7, 11) is 0. The van der Waals surface area contributed by atoms with Crippen molar-refractivity contribution in [3.05, 3.63) is 29.8 Å². The molecule has 0 saturated heterocycles. The van der Waals surface area contributed by atoms with Crippen LogP contribution in [0.3, 0.4) is 0 Å². The highest BCUT2D eigenvalue weighted by molar-refractivity contribution is 5.85. The van der Waals surface area contributed by atoms with Crippen molar-refractivity contribution in [3.8, 4) is 5.75 Å². The Labute approximate surface area is 106 Å². The molecule has 0 aliphatic rings. The third-order valence-electron chi connectivity index (χ3n) is 2.17. The predicted molar refractivity (Wildman–Crippen MR) is 68.1 cm³/mol. The van der Waals surface area contributed by atoms with Gasteiger partial charge in [-0.2, -0.15) is 0 Å². The van der Waals surface area contributed by atoms with Gasteiger partial charge in [0.15, 0.2) is 0 Å². The van der Waals surface area contributed by atoms with E-state index in [0.717, 1.165) is 0 Å². The van der Waals surface area contributed by atoms with E-state index in [1.807, 2.05) is 13.8 Å². The highest BCUT2D eigenvalue weighted by Crippen LogP contribution is 2.10. The van der Waals surface area contributed by atoms with Crippen LogP contribution in [0.2, 0.25) is 0 Å². The van der Waals surface area contributed by atoms with Gasteiger partial charge in [0.1, 0.15) is 5.75 Å². The molecular formula is C13H18N2O3. The van der Waals surface area contributed by atoms with Crippen LogP contribution in [0.1, 0.15) is 19.4 Å². The van der Waals surface area contributed by atoms with E-state index in [2.05, 4.69) is 10.6 Å². The summed E-state index contributed by atoms with van der Waals surface area (Å²) in [6.45, 7) is 3.68. The predicted octanol–water partition coefficient (Wildman–Crippen LogP) is 0.576. The van der Waals surface area contributed by atoms with Crippen molar-refractivity contribution >= 4 is 11.8 Å². The van der Waals surface area contributed by atoms with E-state index in [1.165, 1.54) is 12.1 Å². The summed E-state index contributed by atoms with van der Waals surface area (Å²) in [5.41, 5.74) is 0.705. The van der Waals surface area contributed by atoms with Crippen LogP contribution in [0.15, 0.2) is 24.3 Å². The second-order valence-corrected chi connectivity index (χ2v) is 4.35. The van der Waals surface area contributed by atoms with Crippen molar-refractivity contribution < 1.29 is 14.7 Å². The molecule has 0 bridgehead atoms. The summed E-state index contributed by atoms with van der Waals surface area (Å²) in [6.07, 6.45) is 0.142. The van der Waals surface area contributed by atoms with Crippen molar-refractivity contribution in [2.24, 2.45) is 0 Å². The van der Waals surface area contributed by atoms with Gasteiger partial charge in [-0.25, -0.2) is 0 Å². The third kappa shape index (κ3) is 5.34. The van der Waals surface area contributed by atoms with E-state index in [1.54, 1.807) is 12.1 Å². The molecule has 2 amide bonds. The molecule has 0 spiro atoms. The summed E-state index contributed by atoms with van der Waals surface area (Å²) in [5, 5.41) is 14.4. The molecule has 0 aliphatic heterocycles. The first kappa shape index (κ1) is 14.0. The Bertz CT molecular complexity index is 430. The minimum absolute atomic E-state index is 0.0319. The number of nitrogens with one attached hydrogen (secondary N) is 2. The molecule has 5 nitrogen and oxygen atoms in total. The Morgan fingerprint density at radius 3 is 2.61 bits per heavy atom. The highest BCUT2D eigenvalue weighted by Gasteiger charge is 2.07. The first-order valence-corrected chi connectivity index (χ1v) is 5.81. The van der Waals surface area contributed by atoms with Crippen LogP contribution in [0.25, 0.3) is 0 Å². The highest BCUT2D eigenvalue weighted by atomic mass is 16.3. The lowest BCUT2D eigenvalue weighted by Crippen LogP contribution is -2.40. The molecule has 1 aromatic rings. The lowest BCUT2D eigenvalue weighted by Gasteiger charge is -2.09. The number of hydrogen-bond acceptors (Lipinski definition) is 3. The Morgan fingerprint density at radius 2 is 2.00 bits per heavy atom. The molecule has 0 heterocycles. The number of amides is 2. The fourth-order valence-corrected chi connectivity index (χ4v) is 1.47. The second kappa shape index (κ2) is 6.64. The molecule has 0 saturated carbocycles. The van der Waals surface area contributed by atoms with Crippen LogP contribution in [0.4, 0.5) is 0 Å². The minimum Gasteiger partial charge on any atom is -0.508 e. The van der Waals surface area contributed by atoms with Gasteiger partial charge in [-0.1, -0.05) is 12.1 Å². The Hall–Kier alpha value is -2.04.